The van der Waals surface area contributed by atoms with Crippen LogP contribution in [0.3, 0.4) is 0 Å². The molecule has 5 rings (SSSR count). The molecule has 2 aromatic carbocycles. The molecule has 1 saturated heterocycles. The molecule has 0 aliphatic carbocycles. The summed E-state index contributed by atoms with van der Waals surface area (Å²) in [6.07, 6.45) is 2.31. The van der Waals surface area contributed by atoms with E-state index in [2.05, 4.69) is 31.2 Å². The van der Waals surface area contributed by atoms with Crippen molar-refractivity contribution in [1.29, 1.82) is 0 Å². The van der Waals surface area contributed by atoms with Crippen molar-refractivity contribution in [1.82, 2.24) is 19.2 Å². The van der Waals surface area contributed by atoms with Crippen molar-refractivity contribution in [2.75, 3.05) is 17.8 Å². The number of nitrogens with zero attached hydrogens (tertiary/aromatic N) is 3. The minimum atomic E-state index is -1.94. The number of benzene rings is 2. The molecule has 3 atom stereocenters. The molecule has 0 spiro atoms. The molecule has 2 aromatic heterocycles. The lowest BCUT2D eigenvalue weighted by Crippen LogP contribution is -2.20. The van der Waals surface area contributed by atoms with Gasteiger partial charge in [-0.05, 0) is 31.5 Å². The van der Waals surface area contributed by atoms with Crippen LogP contribution < -0.4 is 15.8 Å². The van der Waals surface area contributed by atoms with Crippen LogP contribution in [0.15, 0.2) is 56.8 Å². The van der Waals surface area contributed by atoms with Crippen molar-refractivity contribution in [3.05, 3.63) is 70.2 Å². The average Bonchev–Trinajstić information content (AvgIpc) is 3.58. The summed E-state index contributed by atoms with van der Waals surface area (Å²) in [6, 6.07) is 9.57. The number of halogens is 1. The van der Waals surface area contributed by atoms with E-state index in [4.69, 9.17) is 4.42 Å². The van der Waals surface area contributed by atoms with Crippen LogP contribution in [0.25, 0.3) is 11.1 Å². The van der Waals surface area contributed by atoms with Crippen molar-refractivity contribution in [3.8, 4) is 11.8 Å². The lowest BCUT2D eigenvalue weighted by Gasteiger charge is -2.15. The molecule has 4 aromatic rings. The van der Waals surface area contributed by atoms with Crippen LogP contribution in [0.4, 0.5) is 9.52 Å². The number of anilines is 1. The molecule has 11 heteroatoms. The molecular weight excluding hydrogens is 477 g/mol. The highest BCUT2D eigenvalue weighted by molar-refractivity contribution is 7.93. The number of hydrogen-bond acceptors (Lipinski definition) is 8. The van der Waals surface area contributed by atoms with Crippen molar-refractivity contribution < 1.29 is 13.4 Å². The molecule has 1 aliphatic rings. The van der Waals surface area contributed by atoms with E-state index in [1.165, 1.54) is 23.0 Å². The summed E-state index contributed by atoms with van der Waals surface area (Å²) in [6.45, 7) is 3.67. The molecule has 0 amide bonds. The van der Waals surface area contributed by atoms with E-state index in [0.29, 0.717) is 5.92 Å². The van der Waals surface area contributed by atoms with E-state index in [0.717, 1.165) is 42.2 Å². The molecule has 174 valence electrons. The van der Waals surface area contributed by atoms with Gasteiger partial charge in [-0.15, -0.1) is 0 Å². The van der Waals surface area contributed by atoms with Gasteiger partial charge in [0.2, 0.25) is 10.0 Å². The van der Waals surface area contributed by atoms with Gasteiger partial charge < -0.3 is 14.3 Å². The lowest BCUT2D eigenvalue weighted by atomic mass is 10.00. The maximum Gasteiger partial charge on any atom is 0.420 e. The van der Waals surface area contributed by atoms with E-state index in [1.807, 2.05) is 31.2 Å². The largest absolute Gasteiger partial charge is 0.588 e. The SMILES string of the molecule is C[C@H](c1ccccc1C#CC1CCNC1)n1c(=O)oc2cc([S+]([O-])Nc3ncns3)c(F)cc21. The zero-order valence-corrected chi connectivity index (χ0v) is 19.7. The van der Waals surface area contributed by atoms with Gasteiger partial charge in [-0.3, -0.25) is 4.57 Å². The fourth-order valence-corrected chi connectivity index (χ4v) is 5.40. The van der Waals surface area contributed by atoms with Crippen LogP contribution in [-0.4, -0.2) is 31.6 Å². The Morgan fingerprint density at radius 2 is 2.26 bits per heavy atom. The van der Waals surface area contributed by atoms with Gasteiger partial charge in [0.25, 0.3) is 0 Å². The summed E-state index contributed by atoms with van der Waals surface area (Å²) in [7, 11) is 0. The normalized spacial score (nSPS) is 17.3. The summed E-state index contributed by atoms with van der Waals surface area (Å²) < 4.78 is 40.8. The Morgan fingerprint density at radius 1 is 1.41 bits per heavy atom. The van der Waals surface area contributed by atoms with Gasteiger partial charge in [0, 0.05) is 41.7 Å². The predicted octanol–water partition coefficient (Wildman–Crippen LogP) is 3.29. The second kappa shape index (κ2) is 9.60. The summed E-state index contributed by atoms with van der Waals surface area (Å²) >= 11 is -0.947. The first kappa shape index (κ1) is 22.6. The Balaban J connectivity index is 1.50. The van der Waals surface area contributed by atoms with Crippen LogP contribution in [0.1, 0.15) is 30.5 Å². The lowest BCUT2D eigenvalue weighted by molar-refractivity contribution is 0.489. The number of rotatable bonds is 5. The highest BCUT2D eigenvalue weighted by atomic mass is 32.2. The number of fused-ring (bicyclic) bond motifs is 1. The molecule has 0 bridgehead atoms. The first-order valence-electron chi connectivity index (χ1n) is 10.6. The zero-order chi connectivity index (χ0) is 23.7. The Bertz CT molecular complexity index is 1430. The van der Waals surface area contributed by atoms with Crippen molar-refractivity contribution in [2.24, 2.45) is 5.92 Å². The van der Waals surface area contributed by atoms with Gasteiger partial charge in [-0.1, -0.05) is 30.0 Å². The van der Waals surface area contributed by atoms with Gasteiger partial charge in [0.15, 0.2) is 11.4 Å². The molecule has 8 nitrogen and oxygen atoms in total. The van der Waals surface area contributed by atoms with Gasteiger partial charge in [0.05, 0.1) is 11.6 Å². The second-order valence-corrected chi connectivity index (χ2v) is 9.79. The second-order valence-electron chi connectivity index (χ2n) is 7.83. The van der Waals surface area contributed by atoms with Crippen molar-refractivity contribution in [2.45, 2.75) is 24.3 Å². The maximum atomic E-state index is 15.0. The Morgan fingerprint density at radius 3 is 3.03 bits per heavy atom. The molecular formula is C23H20FN5O3S2. The highest BCUT2D eigenvalue weighted by Crippen LogP contribution is 2.29. The summed E-state index contributed by atoms with van der Waals surface area (Å²) in [5.41, 5.74) is 2.05. The first-order valence-corrected chi connectivity index (χ1v) is 12.5. The molecule has 2 N–H and O–H groups in total. The smallest absolute Gasteiger partial charge is 0.420 e. The molecule has 2 unspecified atom stereocenters. The Kier molecular flexibility index (Phi) is 6.38. The summed E-state index contributed by atoms with van der Waals surface area (Å²) in [5, 5.41) is 3.59. The number of hydrogen-bond donors (Lipinski definition) is 2. The fraction of sp³-hybridized carbons (Fsp3) is 0.261. The predicted molar refractivity (Wildman–Crippen MR) is 128 cm³/mol. The van der Waals surface area contributed by atoms with Crippen LogP contribution in [0.2, 0.25) is 0 Å². The van der Waals surface area contributed by atoms with Gasteiger partial charge in [-0.2, -0.15) is 9.10 Å². The zero-order valence-electron chi connectivity index (χ0n) is 18.1. The van der Waals surface area contributed by atoms with E-state index in [9.17, 15) is 13.7 Å². The molecule has 1 fully saturated rings. The topological polar surface area (TPSA) is 108 Å². The van der Waals surface area contributed by atoms with E-state index < -0.39 is 29.0 Å². The third-order valence-electron chi connectivity index (χ3n) is 5.68. The molecule has 0 saturated carbocycles. The Labute approximate surface area is 201 Å². The third-order valence-corrected chi connectivity index (χ3v) is 7.48. The average molecular weight is 498 g/mol. The van der Waals surface area contributed by atoms with Gasteiger partial charge in [-0.25, -0.2) is 14.2 Å². The van der Waals surface area contributed by atoms with Crippen molar-refractivity contribution >= 4 is 39.1 Å². The maximum absolute atomic E-state index is 15.0. The van der Waals surface area contributed by atoms with Crippen LogP contribution in [-0.2, 0) is 11.4 Å². The third kappa shape index (κ3) is 4.45. The first-order chi connectivity index (χ1) is 16.5. The quantitative estimate of drug-likeness (QED) is 0.322. The standard InChI is InChI=1S/C23H20FN5O3S2/c1-14(17-5-3-2-4-16(17)7-6-15-8-9-25-12-15)29-19-10-18(24)21(11-20(19)32-23(29)30)34(31)28-22-26-13-27-33-22/h2-5,10-11,13-15,25H,8-9,12H2,1H3,(H,26,27,28)/t14-,15?,34?/m1/s1. The fourth-order valence-electron chi connectivity index (χ4n) is 3.97. The minimum absolute atomic E-state index is 0.140. The van der Waals surface area contributed by atoms with E-state index >= 15 is 0 Å². The molecule has 34 heavy (non-hydrogen) atoms. The van der Waals surface area contributed by atoms with Gasteiger partial charge in [0.1, 0.15) is 17.7 Å². The number of aromatic nitrogens is 3. The molecule has 1 aliphatic heterocycles. The van der Waals surface area contributed by atoms with Crippen LogP contribution in [0.5, 0.6) is 0 Å². The van der Waals surface area contributed by atoms with E-state index in [-0.39, 0.29) is 21.1 Å². The van der Waals surface area contributed by atoms with Crippen LogP contribution >= 0.6 is 11.5 Å². The monoisotopic (exact) mass is 497 g/mol. The van der Waals surface area contributed by atoms with Crippen LogP contribution in [0, 0.1) is 23.6 Å². The highest BCUT2D eigenvalue weighted by Gasteiger charge is 2.25. The minimum Gasteiger partial charge on any atom is -0.588 e. The molecule has 3 heterocycles. The number of nitrogens with one attached hydrogen (secondary N) is 2. The summed E-state index contributed by atoms with van der Waals surface area (Å²) in [5.74, 6) is 5.49. The number of oxazole rings is 1. The van der Waals surface area contributed by atoms with E-state index in [1.54, 1.807) is 0 Å². The van der Waals surface area contributed by atoms with Crippen molar-refractivity contribution in [3.63, 3.8) is 0 Å². The van der Waals surface area contributed by atoms with Gasteiger partial charge >= 0.3 is 5.76 Å². The summed E-state index contributed by atoms with van der Waals surface area (Å²) in [4.78, 5) is 16.5. The Hall–Kier alpha value is -3.17. The molecule has 0 radical (unpaired) electrons.